The summed E-state index contributed by atoms with van der Waals surface area (Å²) in [5, 5.41) is 2.09. The van der Waals surface area contributed by atoms with Crippen LogP contribution >= 0.6 is 0 Å². The van der Waals surface area contributed by atoms with Crippen LogP contribution in [0.3, 0.4) is 0 Å². The van der Waals surface area contributed by atoms with Crippen LogP contribution in [0, 0.1) is 0 Å². The topological polar surface area (TPSA) is 69.8 Å². The Labute approximate surface area is 173 Å². The molecule has 0 aliphatic rings. The van der Waals surface area contributed by atoms with E-state index in [0.717, 1.165) is 21.8 Å². The first-order valence-electron chi connectivity index (χ1n) is 9.33. The summed E-state index contributed by atoms with van der Waals surface area (Å²) in [6, 6.07) is 17.0. The number of hydrogen-bond acceptors (Lipinski definition) is 5. The summed E-state index contributed by atoms with van der Waals surface area (Å²) in [6.45, 7) is 0. The number of aromatic amines is 1. The number of nitrogens with one attached hydrogen (secondary N) is 1. The number of carbonyl (C=O) groups excluding carboxylic acids is 1. The van der Waals surface area contributed by atoms with Gasteiger partial charge in [-0.15, -0.1) is 0 Å². The van der Waals surface area contributed by atoms with E-state index in [1.165, 1.54) is 13.2 Å². The third-order valence-electron chi connectivity index (χ3n) is 4.79. The fourth-order valence-electron chi connectivity index (χ4n) is 3.40. The van der Waals surface area contributed by atoms with Crippen molar-refractivity contribution in [3.8, 4) is 23.0 Å². The average molecular weight is 403 g/mol. The van der Waals surface area contributed by atoms with Gasteiger partial charge in [-0.2, -0.15) is 0 Å². The Morgan fingerprint density at radius 2 is 1.53 bits per heavy atom. The highest BCUT2D eigenvalue weighted by Gasteiger charge is 2.12. The van der Waals surface area contributed by atoms with Crippen LogP contribution in [0.2, 0.25) is 0 Å². The summed E-state index contributed by atoms with van der Waals surface area (Å²) in [7, 11) is 4.62. The molecule has 0 fully saturated rings. The molecule has 0 atom stereocenters. The molecule has 0 unspecified atom stereocenters. The van der Waals surface area contributed by atoms with Crippen molar-refractivity contribution in [2.24, 2.45) is 0 Å². The van der Waals surface area contributed by atoms with Gasteiger partial charge >= 0.3 is 5.97 Å². The van der Waals surface area contributed by atoms with Crippen molar-refractivity contribution in [1.29, 1.82) is 0 Å². The predicted octanol–water partition coefficient (Wildman–Crippen LogP) is 4.97. The third kappa shape index (κ3) is 3.67. The number of methoxy groups -OCH3 is 3. The number of hydrogen-bond donors (Lipinski definition) is 1. The van der Waals surface area contributed by atoms with Crippen molar-refractivity contribution in [2.45, 2.75) is 0 Å². The lowest BCUT2D eigenvalue weighted by atomic mass is 10.1. The zero-order valence-electron chi connectivity index (χ0n) is 16.9. The molecule has 0 amide bonds. The van der Waals surface area contributed by atoms with Crippen molar-refractivity contribution < 1.29 is 23.7 Å². The molecule has 4 aromatic rings. The molecule has 1 heterocycles. The maximum absolute atomic E-state index is 12.4. The molecule has 0 saturated carbocycles. The minimum atomic E-state index is -0.483. The molecule has 0 aliphatic carbocycles. The van der Waals surface area contributed by atoms with Gasteiger partial charge in [-0.3, -0.25) is 0 Å². The van der Waals surface area contributed by atoms with Crippen LogP contribution in [-0.4, -0.2) is 32.3 Å². The lowest BCUT2D eigenvalue weighted by Gasteiger charge is -2.12. The smallest absolute Gasteiger partial charge is 0.336 e. The van der Waals surface area contributed by atoms with Gasteiger partial charge in [0.15, 0.2) is 11.5 Å². The minimum Gasteiger partial charge on any atom is -0.493 e. The first-order chi connectivity index (χ1) is 14.6. The monoisotopic (exact) mass is 403 g/mol. The molecule has 1 aromatic heterocycles. The van der Waals surface area contributed by atoms with Crippen molar-refractivity contribution in [1.82, 2.24) is 4.98 Å². The highest BCUT2D eigenvalue weighted by atomic mass is 16.5. The second-order valence-corrected chi connectivity index (χ2v) is 6.59. The van der Waals surface area contributed by atoms with Gasteiger partial charge in [0.05, 0.1) is 21.3 Å². The molecule has 0 saturated heterocycles. The van der Waals surface area contributed by atoms with Crippen LogP contribution < -0.4 is 18.9 Å². The molecule has 3 aromatic carbocycles. The fraction of sp³-hybridized carbons (Fsp3) is 0.125. The predicted molar refractivity (Wildman–Crippen MR) is 117 cm³/mol. The Kier molecular flexibility index (Phi) is 5.30. The number of carbonyl (C=O) groups is 1. The van der Waals surface area contributed by atoms with Crippen LogP contribution in [0.15, 0.2) is 60.7 Å². The van der Waals surface area contributed by atoms with E-state index in [4.69, 9.17) is 18.9 Å². The number of esters is 1. The maximum Gasteiger partial charge on any atom is 0.336 e. The molecule has 6 heteroatoms. The Bertz CT molecular complexity index is 1230. The van der Waals surface area contributed by atoms with E-state index in [0.29, 0.717) is 28.6 Å². The van der Waals surface area contributed by atoms with E-state index in [-0.39, 0.29) is 0 Å². The van der Waals surface area contributed by atoms with Crippen LogP contribution in [0.4, 0.5) is 0 Å². The quantitative estimate of drug-likeness (QED) is 0.280. The van der Waals surface area contributed by atoms with Crippen molar-refractivity contribution >= 4 is 33.9 Å². The van der Waals surface area contributed by atoms with E-state index < -0.39 is 5.97 Å². The van der Waals surface area contributed by atoms with Crippen molar-refractivity contribution in [3.63, 3.8) is 0 Å². The summed E-state index contributed by atoms with van der Waals surface area (Å²) in [6.07, 6.45) is 3.00. The fourth-order valence-corrected chi connectivity index (χ4v) is 3.40. The molecule has 6 nitrogen and oxygen atoms in total. The van der Waals surface area contributed by atoms with E-state index >= 15 is 0 Å². The molecule has 30 heavy (non-hydrogen) atoms. The molecule has 1 N–H and O–H groups in total. The minimum absolute atomic E-state index is 0.479. The van der Waals surface area contributed by atoms with Crippen LogP contribution in [0.5, 0.6) is 23.0 Å². The summed E-state index contributed by atoms with van der Waals surface area (Å²) < 4.78 is 21.5. The average Bonchev–Trinajstić information content (AvgIpc) is 3.14. The highest BCUT2D eigenvalue weighted by Crippen LogP contribution is 2.38. The maximum atomic E-state index is 12.4. The number of para-hydroxylation sites is 1. The summed E-state index contributed by atoms with van der Waals surface area (Å²) in [5.41, 5.74) is 2.75. The summed E-state index contributed by atoms with van der Waals surface area (Å²) in [5.74, 6) is 1.51. The van der Waals surface area contributed by atoms with E-state index in [1.807, 2.05) is 36.4 Å². The SMILES string of the molecule is COc1cc(/C=C/C(=O)Oc2ccc3[nH]c4ccccc4c3c2)cc(OC)c1OC. The second-order valence-electron chi connectivity index (χ2n) is 6.59. The van der Waals surface area contributed by atoms with Crippen molar-refractivity contribution in [3.05, 3.63) is 66.2 Å². The standard InChI is InChI=1S/C24H21NO5/c1-27-21-12-15(13-22(28-2)24(21)29-3)8-11-23(26)30-16-9-10-20-18(14-16)17-6-4-5-7-19(17)25-20/h4-14,25H,1-3H3/b11-8+. The number of benzene rings is 3. The van der Waals surface area contributed by atoms with E-state index in [1.54, 1.807) is 38.5 Å². The largest absolute Gasteiger partial charge is 0.493 e. The van der Waals surface area contributed by atoms with Gasteiger partial charge in [-0.1, -0.05) is 18.2 Å². The van der Waals surface area contributed by atoms with Gasteiger partial charge in [0.1, 0.15) is 5.75 Å². The third-order valence-corrected chi connectivity index (χ3v) is 4.79. The molecule has 0 bridgehead atoms. The normalized spacial score (nSPS) is 11.2. The van der Waals surface area contributed by atoms with Crippen LogP contribution in [-0.2, 0) is 4.79 Å². The lowest BCUT2D eigenvalue weighted by molar-refractivity contribution is -0.128. The Hall–Kier alpha value is -3.93. The number of fused-ring (bicyclic) bond motifs is 3. The molecule has 4 rings (SSSR count). The first kappa shape index (κ1) is 19.4. The number of H-pyrrole nitrogens is 1. The Morgan fingerprint density at radius 3 is 2.23 bits per heavy atom. The molecular weight excluding hydrogens is 382 g/mol. The molecule has 152 valence electrons. The molecular formula is C24H21NO5. The van der Waals surface area contributed by atoms with Gasteiger partial charge in [-0.25, -0.2) is 4.79 Å². The Morgan fingerprint density at radius 1 is 0.833 bits per heavy atom. The molecule has 0 spiro atoms. The van der Waals surface area contributed by atoms with Crippen LogP contribution in [0.25, 0.3) is 27.9 Å². The molecule has 0 aliphatic heterocycles. The van der Waals surface area contributed by atoms with Gasteiger partial charge in [-0.05, 0) is 48.0 Å². The van der Waals surface area contributed by atoms with Gasteiger partial charge in [0.2, 0.25) is 5.75 Å². The zero-order valence-corrected chi connectivity index (χ0v) is 16.9. The first-order valence-corrected chi connectivity index (χ1v) is 9.33. The second kappa shape index (κ2) is 8.21. The number of aromatic nitrogens is 1. The van der Waals surface area contributed by atoms with E-state index in [2.05, 4.69) is 4.98 Å². The Balaban J connectivity index is 1.56. The summed E-state index contributed by atoms with van der Waals surface area (Å²) >= 11 is 0. The number of rotatable bonds is 6. The van der Waals surface area contributed by atoms with Gasteiger partial charge in [0.25, 0.3) is 0 Å². The zero-order chi connectivity index (χ0) is 21.1. The van der Waals surface area contributed by atoms with E-state index in [9.17, 15) is 4.79 Å². The summed E-state index contributed by atoms with van der Waals surface area (Å²) in [4.78, 5) is 15.7. The van der Waals surface area contributed by atoms with Crippen LogP contribution in [0.1, 0.15) is 5.56 Å². The molecule has 0 radical (unpaired) electrons. The highest BCUT2D eigenvalue weighted by molar-refractivity contribution is 6.07. The number of ether oxygens (including phenoxy) is 4. The van der Waals surface area contributed by atoms with Gasteiger partial charge < -0.3 is 23.9 Å². The lowest BCUT2D eigenvalue weighted by Crippen LogP contribution is -2.03. The van der Waals surface area contributed by atoms with Crippen molar-refractivity contribution in [2.75, 3.05) is 21.3 Å². The van der Waals surface area contributed by atoms with Gasteiger partial charge in [0, 0.05) is 27.9 Å².